The van der Waals surface area contributed by atoms with Gasteiger partial charge in [0.1, 0.15) is 5.75 Å². The molecule has 0 fully saturated rings. The highest BCUT2D eigenvalue weighted by atomic mass is 35.5. The van der Waals surface area contributed by atoms with Gasteiger partial charge in [0, 0.05) is 24.1 Å². The average Bonchev–Trinajstić information content (AvgIpc) is 2.66. The number of carbonyl (C=O) groups is 2. The van der Waals surface area contributed by atoms with Crippen LogP contribution < -0.4 is 15.4 Å². The number of amides is 1. The van der Waals surface area contributed by atoms with Gasteiger partial charge >= 0.3 is 5.97 Å². The number of hydrogen-bond donors (Lipinski definition) is 2. The molecule has 0 radical (unpaired) electrons. The first kappa shape index (κ1) is 21.6. The highest BCUT2D eigenvalue weighted by molar-refractivity contribution is 6.31. The summed E-state index contributed by atoms with van der Waals surface area (Å²) >= 11 is 6.20. The zero-order valence-electron chi connectivity index (χ0n) is 16.5. The number of ether oxygens (including phenoxy) is 2. The number of esters is 1. The predicted molar refractivity (Wildman–Crippen MR) is 111 cm³/mol. The molecule has 7 heteroatoms. The zero-order chi connectivity index (χ0) is 20.7. The van der Waals surface area contributed by atoms with Crippen molar-refractivity contribution in [2.45, 2.75) is 26.8 Å². The molecule has 0 aliphatic heterocycles. The maximum atomic E-state index is 12.5. The molecule has 0 spiro atoms. The molecular weight excluding hydrogens is 380 g/mol. The van der Waals surface area contributed by atoms with Crippen LogP contribution in [0.25, 0.3) is 0 Å². The van der Waals surface area contributed by atoms with Crippen molar-refractivity contribution in [3.05, 3.63) is 53.1 Å². The normalized spacial score (nSPS) is 10.9. The molecule has 2 aromatic carbocycles. The van der Waals surface area contributed by atoms with Crippen molar-refractivity contribution >= 4 is 34.9 Å². The minimum atomic E-state index is -0.928. The number of anilines is 2. The maximum absolute atomic E-state index is 12.5. The third kappa shape index (κ3) is 5.63. The predicted octanol–water partition coefficient (Wildman–Crippen LogP) is 4.49. The van der Waals surface area contributed by atoms with E-state index in [-0.39, 0.29) is 12.3 Å². The summed E-state index contributed by atoms with van der Waals surface area (Å²) in [4.78, 5) is 24.4. The number of carbonyl (C=O) groups excluding carboxylic acids is 2. The monoisotopic (exact) mass is 404 g/mol. The minimum Gasteiger partial charge on any atom is -0.497 e. The number of rotatable bonds is 8. The van der Waals surface area contributed by atoms with E-state index in [1.807, 2.05) is 30.3 Å². The van der Waals surface area contributed by atoms with Gasteiger partial charge in [0.2, 0.25) is 5.91 Å². The summed E-state index contributed by atoms with van der Waals surface area (Å²) in [6.07, 6.45) is -0.0131. The molecular formula is C21H25ClN2O4. The Kier molecular flexibility index (Phi) is 7.29. The largest absolute Gasteiger partial charge is 0.497 e. The molecule has 28 heavy (non-hydrogen) atoms. The number of nitrogens with one attached hydrogen (secondary N) is 2. The summed E-state index contributed by atoms with van der Waals surface area (Å²) in [5, 5.41) is 6.79. The second-order valence-electron chi connectivity index (χ2n) is 6.96. The van der Waals surface area contributed by atoms with Crippen molar-refractivity contribution in [3.63, 3.8) is 0 Å². The topological polar surface area (TPSA) is 76.7 Å². The third-order valence-electron chi connectivity index (χ3n) is 4.27. The third-order valence-corrected chi connectivity index (χ3v) is 4.64. The molecule has 0 saturated carbocycles. The Morgan fingerprint density at radius 2 is 1.79 bits per heavy atom. The van der Waals surface area contributed by atoms with Gasteiger partial charge in [0.15, 0.2) is 0 Å². The Bertz CT molecular complexity index is 852. The molecule has 0 aliphatic carbocycles. The fourth-order valence-corrected chi connectivity index (χ4v) is 2.89. The van der Waals surface area contributed by atoms with Crippen LogP contribution in [0, 0.1) is 5.41 Å². The van der Waals surface area contributed by atoms with Gasteiger partial charge in [0.05, 0.1) is 31.0 Å². The quantitative estimate of drug-likeness (QED) is 0.634. The van der Waals surface area contributed by atoms with E-state index < -0.39 is 11.4 Å². The molecule has 6 nitrogen and oxygen atoms in total. The Hall–Kier alpha value is -2.73. The highest BCUT2D eigenvalue weighted by Gasteiger charge is 2.31. The first-order valence-corrected chi connectivity index (χ1v) is 9.18. The van der Waals surface area contributed by atoms with Crippen molar-refractivity contribution in [2.24, 2.45) is 5.41 Å². The Balaban J connectivity index is 2.16. The van der Waals surface area contributed by atoms with Crippen LogP contribution in [0.1, 0.15) is 25.8 Å². The standard InChI is InChI=1S/C21H25ClN2O4/c1-21(2,20(26)28-4)12-19(25)24-18-11-15(27-3)9-10-17(18)23-13-14-7-5-6-8-16(14)22/h5-11,23H,12-13H2,1-4H3,(H,24,25). The van der Waals surface area contributed by atoms with E-state index in [2.05, 4.69) is 10.6 Å². The van der Waals surface area contributed by atoms with E-state index >= 15 is 0 Å². The lowest BCUT2D eigenvalue weighted by Gasteiger charge is -2.21. The first-order valence-electron chi connectivity index (χ1n) is 8.80. The molecule has 2 N–H and O–H groups in total. The van der Waals surface area contributed by atoms with E-state index in [1.165, 1.54) is 7.11 Å². The van der Waals surface area contributed by atoms with Crippen LogP contribution in [0.15, 0.2) is 42.5 Å². The molecule has 2 aromatic rings. The Labute approximate surface area is 170 Å². The van der Waals surface area contributed by atoms with Crippen LogP contribution in [-0.4, -0.2) is 26.1 Å². The maximum Gasteiger partial charge on any atom is 0.311 e. The van der Waals surface area contributed by atoms with E-state index in [4.69, 9.17) is 21.1 Å². The minimum absolute atomic E-state index is 0.0131. The number of halogens is 1. The fourth-order valence-electron chi connectivity index (χ4n) is 2.68. The summed E-state index contributed by atoms with van der Waals surface area (Å²) in [5.74, 6) is -0.138. The van der Waals surface area contributed by atoms with Crippen molar-refractivity contribution < 1.29 is 19.1 Å². The molecule has 1 amide bonds. The molecule has 0 saturated heterocycles. The number of methoxy groups -OCH3 is 2. The first-order chi connectivity index (χ1) is 13.3. The molecule has 0 aromatic heterocycles. The van der Waals surface area contributed by atoms with Gasteiger partial charge in [-0.3, -0.25) is 9.59 Å². The van der Waals surface area contributed by atoms with Crippen LogP contribution >= 0.6 is 11.6 Å². The second-order valence-corrected chi connectivity index (χ2v) is 7.36. The summed E-state index contributed by atoms with van der Waals surface area (Å²) in [6.45, 7) is 3.82. The summed E-state index contributed by atoms with van der Waals surface area (Å²) < 4.78 is 10.0. The highest BCUT2D eigenvalue weighted by Crippen LogP contribution is 2.30. The van der Waals surface area contributed by atoms with Crippen LogP contribution in [0.5, 0.6) is 5.75 Å². The van der Waals surface area contributed by atoms with Crippen LogP contribution in [0.2, 0.25) is 5.02 Å². The van der Waals surface area contributed by atoms with E-state index in [0.717, 1.165) is 5.56 Å². The van der Waals surface area contributed by atoms with Gasteiger partial charge in [-0.1, -0.05) is 29.8 Å². The fraction of sp³-hybridized carbons (Fsp3) is 0.333. The van der Waals surface area contributed by atoms with Gasteiger partial charge < -0.3 is 20.1 Å². The second kappa shape index (κ2) is 9.46. The Morgan fingerprint density at radius 3 is 2.43 bits per heavy atom. The molecule has 150 valence electrons. The molecule has 0 atom stereocenters. The van der Waals surface area contributed by atoms with Gasteiger partial charge in [-0.15, -0.1) is 0 Å². The lowest BCUT2D eigenvalue weighted by Crippen LogP contribution is -2.31. The smallest absolute Gasteiger partial charge is 0.311 e. The van der Waals surface area contributed by atoms with Gasteiger partial charge in [-0.25, -0.2) is 0 Å². The average molecular weight is 405 g/mol. The SMILES string of the molecule is COC(=O)C(C)(C)CC(=O)Nc1cc(OC)ccc1NCc1ccccc1Cl. The van der Waals surface area contributed by atoms with E-state index in [1.54, 1.807) is 33.1 Å². The zero-order valence-corrected chi connectivity index (χ0v) is 17.2. The van der Waals surface area contributed by atoms with E-state index in [9.17, 15) is 9.59 Å². The molecule has 0 unspecified atom stereocenters. The molecule has 0 heterocycles. The van der Waals surface area contributed by atoms with E-state index in [0.29, 0.717) is 28.7 Å². The van der Waals surface area contributed by atoms with Crippen LogP contribution in [0.4, 0.5) is 11.4 Å². The van der Waals surface area contributed by atoms with Crippen molar-refractivity contribution in [3.8, 4) is 5.75 Å². The molecule has 0 aliphatic rings. The lowest BCUT2D eigenvalue weighted by atomic mass is 9.89. The van der Waals surface area contributed by atoms with Crippen LogP contribution in [0.3, 0.4) is 0 Å². The summed E-state index contributed by atoms with van der Waals surface area (Å²) in [6, 6.07) is 12.9. The van der Waals surface area contributed by atoms with Crippen molar-refractivity contribution in [1.29, 1.82) is 0 Å². The number of benzene rings is 2. The van der Waals surface area contributed by atoms with Crippen LogP contribution in [-0.2, 0) is 20.9 Å². The molecule has 2 rings (SSSR count). The van der Waals surface area contributed by atoms with Crippen molar-refractivity contribution in [1.82, 2.24) is 0 Å². The summed E-state index contributed by atoms with van der Waals surface area (Å²) in [7, 11) is 2.86. The van der Waals surface area contributed by atoms with Crippen molar-refractivity contribution in [2.75, 3.05) is 24.9 Å². The summed E-state index contributed by atoms with van der Waals surface area (Å²) in [5.41, 5.74) is 1.27. The van der Waals surface area contributed by atoms with Gasteiger partial charge in [-0.05, 0) is 37.6 Å². The Morgan fingerprint density at radius 1 is 1.07 bits per heavy atom. The number of hydrogen-bond acceptors (Lipinski definition) is 5. The lowest BCUT2D eigenvalue weighted by molar-refractivity contribution is -0.152. The van der Waals surface area contributed by atoms with Gasteiger partial charge in [-0.2, -0.15) is 0 Å². The van der Waals surface area contributed by atoms with Gasteiger partial charge in [0.25, 0.3) is 0 Å². The molecule has 0 bridgehead atoms.